The second-order valence-corrected chi connectivity index (χ2v) is 8.26. The first-order valence-electron chi connectivity index (χ1n) is 9.73. The van der Waals surface area contributed by atoms with Crippen LogP contribution in [0.4, 0.5) is 5.69 Å². The number of hydrogen-bond acceptors (Lipinski definition) is 3. The highest BCUT2D eigenvalue weighted by atomic mass is 32.2. The van der Waals surface area contributed by atoms with Gasteiger partial charge in [-0.3, -0.25) is 9.59 Å². The van der Waals surface area contributed by atoms with Crippen molar-refractivity contribution in [2.75, 3.05) is 16.8 Å². The van der Waals surface area contributed by atoms with E-state index in [0.717, 1.165) is 22.0 Å². The molecular formula is C24H26N2O2S. The van der Waals surface area contributed by atoms with Gasteiger partial charge in [0.1, 0.15) is 0 Å². The molecule has 0 atom stereocenters. The lowest BCUT2D eigenvalue weighted by Crippen LogP contribution is -2.25. The molecule has 0 spiro atoms. The van der Waals surface area contributed by atoms with Crippen molar-refractivity contribution in [2.45, 2.75) is 26.3 Å². The number of fused-ring (bicyclic) bond motifs is 1. The van der Waals surface area contributed by atoms with Crippen LogP contribution in [0, 0.1) is 0 Å². The monoisotopic (exact) mass is 406 g/mol. The van der Waals surface area contributed by atoms with Gasteiger partial charge in [0.25, 0.3) is 0 Å². The minimum Gasteiger partial charge on any atom is -0.351 e. The lowest BCUT2D eigenvalue weighted by molar-refractivity contribution is -0.118. The second-order valence-electron chi connectivity index (χ2n) is 7.28. The molecule has 0 saturated carbocycles. The molecule has 0 bridgehead atoms. The van der Waals surface area contributed by atoms with E-state index in [-0.39, 0.29) is 23.3 Å². The van der Waals surface area contributed by atoms with Crippen LogP contribution in [0.15, 0.2) is 66.7 Å². The summed E-state index contributed by atoms with van der Waals surface area (Å²) in [5.74, 6) is 0.818. The van der Waals surface area contributed by atoms with Gasteiger partial charge in [0.15, 0.2) is 0 Å². The number of anilines is 1. The Hall–Kier alpha value is -2.79. The van der Waals surface area contributed by atoms with E-state index in [1.165, 1.54) is 17.3 Å². The molecule has 3 aromatic rings. The van der Waals surface area contributed by atoms with Gasteiger partial charge in [-0.2, -0.15) is 0 Å². The van der Waals surface area contributed by atoms with E-state index in [2.05, 4.69) is 36.6 Å². The molecule has 150 valence electrons. The topological polar surface area (TPSA) is 58.2 Å². The van der Waals surface area contributed by atoms with Crippen LogP contribution in [-0.4, -0.2) is 23.3 Å². The molecule has 0 saturated heterocycles. The van der Waals surface area contributed by atoms with Gasteiger partial charge in [-0.05, 0) is 39.9 Å². The van der Waals surface area contributed by atoms with Gasteiger partial charge >= 0.3 is 0 Å². The Morgan fingerprint density at radius 3 is 2.28 bits per heavy atom. The summed E-state index contributed by atoms with van der Waals surface area (Å²) < 4.78 is 0. The molecule has 3 aromatic carbocycles. The SMILES string of the molecule is CC(C)c1ccc(CNC(=O)CSCC(=O)Nc2ccc3ccccc3c2)cc1. The van der Waals surface area contributed by atoms with Crippen LogP contribution in [0.1, 0.15) is 30.9 Å². The zero-order valence-electron chi connectivity index (χ0n) is 16.8. The Morgan fingerprint density at radius 2 is 1.55 bits per heavy atom. The zero-order chi connectivity index (χ0) is 20.6. The predicted molar refractivity (Wildman–Crippen MR) is 122 cm³/mol. The minimum atomic E-state index is -0.109. The zero-order valence-corrected chi connectivity index (χ0v) is 17.6. The molecule has 0 fully saturated rings. The van der Waals surface area contributed by atoms with Crippen molar-refractivity contribution in [1.82, 2.24) is 5.32 Å². The third-order valence-electron chi connectivity index (χ3n) is 4.64. The highest BCUT2D eigenvalue weighted by molar-refractivity contribution is 8.00. The Morgan fingerprint density at radius 1 is 0.862 bits per heavy atom. The smallest absolute Gasteiger partial charge is 0.234 e. The van der Waals surface area contributed by atoms with E-state index in [4.69, 9.17) is 0 Å². The number of nitrogens with one attached hydrogen (secondary N) is 2. The van der Waals surface area contributed by atoms with Crippen LogP contribution in [0.25, 0.3) is 10.8 Å². The molecular weight excluding hydrogens is 380 g/mol. The molecule has 5 heteroatoms. The summed E-state index contributed by atoms with van der Waals surface area (Å²) in [6.07, 6.45) is 0. The van der Waals surface area contributed by atoms with Crippen molar-refractivity contribution >= 4 is 40.0 Å². The van der Waals surface area contributed by atoms with E-state index >= 15 is 0 Å². The Kier molecular flexibility index (Phi) is 7.30. The fourth-order valence-corrected chi connectivity index (χ4v) is 3.62. The number of hydrogen-bond donors (Lipinski definition) is 2. The van der Waals surface area contributed by atoms with E-state index in [1.54, 1.807) is 0 Å². The molecule has 3 rings (SSSR count). The van der Waals surface area contributed by atoms with Gasteiger partial charge < -0.3 is 10.6 Å². The number of carbonyl (C=O) groups excluding carboxylic acids is 2. The Balaban J connectivity index is 1.38. The quantitative estimate of drug-likeness (QED) is 0.556. The van der Waals surface area contributed by atoms with Crippen molar-refractivity contribution in [1.29, 1.82) is 0 Å². The first-order chi connectivity index (χ1) is 14.0. The molecule has 29 heavy (non-hydrogen) atoms. The van der Waals surface area contributed by atoms with Gasteiger partial charge in [-0.25, -0.2) is 0 Å². The summed E-state index contributed by atoms with van der Waals surface area (Å²) in [4.78, 5) is 24.1. The molecule has 0 heterocycles. The minimum absolute atomic E-state index is 0.0681. The molecule has 0 aliphatic rings. The number of carbonyl (C=O) groups is 2. The maximum atomic E-state index is 12.1. The van der Waals surface area contributed by atoms with Crippen LogP contribution in [0.5, 0.6) is 0 Å². The summed E-state index contributed by atoms with van der Waals surface area (Å²) in [6, 6.07) is 22.1. The van der Waals surface area contributed by atoms with Crippen molar-refractivity contribution < 1.29 is 9.59 Å². The average molecular weight is 407 g/mol. The normalized spacial score (nSPS) is 10.9. The van der Waals surface area contributed by atoms with E-state index in [9.17, 15) is 9.59 Å². The highest BCUT2D eigenvalue weighted by Gasteiger charge is 2.07. The predicted octanol–water partition coefficient (Wildman–Crippen LogP) is 4.95. The summed E-state index contributed by atoms with van der Waals surface area (Å²) >= 11 is 1.31. The van der Waals surface area contributed by atoms with Crippen LogP contribution < -0.4 is 10.6 Å². The molecule has 0 unspecified atom stereocenters. The second kappa shape index (κ2) is 10.1. The van der Waals surface area contributed by atoms with Crippen molar-refractivity contribution in [3.63, 3.8) is 0 Å². The molecule has 2 N–H and O–H groups in total. The number of rotatable bonds is 8. The fourth-order valence-electron chi connectivity index (χ4n) is 2.97. The van der Waals surface area contributed by atoms with E-state index in [1.807, 2.05) is 54.6 Å². The molecule has 0 aliphatic heterocycles. The highest BCUT2D eigenvalue weighted by Crippen LogP contribution is 2.19. The van der Waals surface area contributed by atoms with Crippen molar-refractivity contribution in [2.24, 2.45) is 0 Å². The van der Waals surface area contributed by atoms with Crippen LogP contribution in [0.2, 0.25) is 0 Å². The van der Waals surface area contributed by atoms with Gasteiger partial charge in [0.05, 0.1) is 11.5 Å². The van der Waals surface area contributed by atoms with E-state index in [0.29, 0.717) is 12.5 Å². The summed E-state index contributed by atoms with van der Waals surface area (Å²) in [5, 5.41) is 8.01. The summed E-state index contributed by atoms with van der Waals surface area (Å²) in [6.45, 7) is 4.81. The molecule has 4 nitrogen and oxygen atoms in total. The average Bonchev–Trinajstić information content (AvgIpc) is 2.72. The number of amides is 2. The van der Waals surface area contributed by atoms with Gasteiger partial charge in [-0.1, -0.05) is 68.4 Å². The maximum absolute atomic E-state index is 12.1. The van der Waals surface area contributed by atoms with Gasteiger partial charge in [0.2, 0.25) is 11.8 Å². The summed E-state index contributed by atoms with van der Waals surface area (Å²) in [5.41, 5.74) is 3.12. The third-order valence-corrected chi connectivity index (χ3v) is 5.57. The van der Waals surface area contributed by atoms with Gasteiger partial charge in [0, 0.05) is 12.2 Å². The first kappa shape index (κ1) is 20.9. The molecule has 0 radical (unpaired) electrons. The standard InChI is InChI=1S/C24H26N2O2S/c1-17(2)19-9-7-18(8-10-19)14-25-23(27)15-29-16-24(28)26-22-12-11-20-5-3-4-6-21(20)13-22/h3-13,17H,14-16H2,1-2H3,(H,25,27)(H,26,28). The van der Waals surface area contributed by atoms with Gasteiger partial charge in [-0.15, -0.1) is 11.8 Å². The van der Waals surface area contributed by atoms with Crippen LogP contribution in [0.3, 0.4) is 0 Å². The molecule has 2 amide bonds. The molecule has 0 aliphatic carbocycles. The fraction of sp³-hybridized carbons (Fsp3) is 0.250. The number of thioether (sulfide) groups is 1. The lowest BCUT2D eigenvalue weighted by atomic mass is 10.0. The third kappa shape index (κ3) is 6.36. The van der Waals surface area contributed by atoms with E-state index < -0.39 is 0 Å². The maximum Gasteiger partial charge on any atom is 0.234 e. The molecule has 0 aromatic heterocycles. The van der Waals surface area contributed by atoms with Crippen molar-refractivity contribution in [3.8, 4) is 0 Å². The summed E-state index contributed by atoms with van der Waals surface area (Å²) in [7, 11) is 0. The Bertz CT molecular complexity index is 984. The van der Waals surface area contributed by atoms with Crippen LogP contribution in [-0.2, 0) is 16.1 Å². The van der Waals surface area contributed by atoms with Crippen LogP contribution >= 0.6 is 11.8 Å². The largest absolute Gasteiger partial charge is 0.351 e. The number of benzene rings is 3. The first-order valence-corrected chi connectivity index (χ1v) is 10.9. The lowest BCUT2D eigenvalue weighted by Gasteiger charge is -2.09. The van der Waals surface area contributed by atoms with Crippen molar-refractivity contribution in [3.05, 3.63) is 77.9 Å². The Labute approximate surface area is 176 Å².